The van der Waals surface area contributed by atoms with Crippen molar-refractivity contribution < 1.29 is 9.18 Å². The molecule has 0 aliphatic rings. The number of anilines is 1. The van der Waals surface area contributed by atoms with Gasteiger partial charge in [-0.1, -0.05) is 48.2 Å². The van der Waals surface area contributed by atoms with Crippen molar-refractivity contribution in [1.29, 1.82) is 0 Å². The Bertz CT molecular complexity index is 1350. The second-order valence-electron chi connectivity index (χ2n) is 7.16. The number of para-hydroxylation sites is 2. The number of benzene rings is 3. The summed E-state index contributed by atoms with van der Waals surface area (Å²) in [7, 11) is 0. The Morgan fingerprint density at radius 3 is 2.61 bits per heavy atom. The summed E-state index contributed by atoms with van der Waals surface area (Å²) in [6.07, 6.45) is 0. The highest BCUT2D eigenvalue weighted by molar-refractivity contribution is 7.99. The van der Waals surface area contributed by atoms with E-state index in [0.717, 1.165) is 28.6 Å². The molecule has 0 aliphatic carbocycles. The van der Waals surface area contributed by atoms with Gasteiger partial charge in [-0.3, -0.25) is 14.2 Å². The fraction of sp³-hybridized carbons (Fsp3) is 0.125. The van der Waals surface area contributed by atoms with Crippen molar-refractivity contribution in [3.63, 3.8) is 0 Å². The van der Waals surface area contributed by atoms with Gasteiger partial charge in [0.1, 0.15) is 5.82 Å². The molecule has 0 radical (unpaired) electrons. The van der Waals surface area contributed by atoms with Crippen LogP contribution in [0.2, 0.25) is 0 Å². The summed E-state index contributed by atoms with van der Waals surface area (Å²) in [5.74, 6) is -0.753. The van der Waals surface area contributed by atoms with Crippen molar-refractivity contribution in [3.05, 3.63) is 94.0 Å². The topological polar surface area (TPSA) is 64.0 Å². The molecule has 3 aromatic carbocycles. The van der Waals surface area contributed by atoms with Gasteiger partial charge in [0, 0.05) is 5.69 Å². The summed E-state index contributed by atoms with van der Waals surface area (Å²) in [5.41, 5.74) is 2.95. The highest BCUT2D eigenvalue weighted by Crippen LogP contribution is 2.23. The van der Waals surface area contributed by atoms with Gasteiger partial charge in [0.15, 0.2) is 5.16 Å². The second kappa shape index (κ2) is 8.73. The van der Waals surface area contributed by atoms with Crippen molar-refractivity contribution in [3.8, 4) is 5.69 Å². The third-order valence-electron chi connectivity index (χ3n) is 4.84. The summed E-state index contributed by atoms with van der Waals surface area (Å²) >= 11 is 1.09. The Morgan fingerprint density at radius 1 is 1.06 bits per heavy atom. The number of carbonyl (C=O) groups excluding carboxylic acids is 1. The van der Waals surface area contributed by atoms with Gasteiger partial charge in [-0.25, -0.2) is 9.37 Å². The van der Waals surface area contributed by atoms with Gasteiger partial charge in [0.05, 0.1) is 22.3 Å². The minimum absolute atomic E-state index is 0.0205. The maximum absolute atomic E-state index is 14.5. The van der Waals surface area contributed by atoms with Crippen LogP contribution >= 0.6 is 11.8 Å². The van der Waals surface area contributed by atoms with Crippen LogP contribution in [0, 0.1) is 19.7 Å². The zero-order valence-electron chi connectivity index (χ0n) is 17.1. The van der Waals surface area contributed by atoms with Gasteiger partial charge in [-0.2, -0.15) is 0 Å². The van der Waals surface area contributed by atoms with Crippen molar-refractivity contribution in [2.45, 2.75) is 19.0 Å². The Labute approximate surface area is 182 Å². The molecule has 0 saturated carbocycles. The van der Waals surface area contributed by atoms with E-state index in [1.54, 1.807) is 36.4 Å². The molecule has 0 atom stereocenters. The van der Waals surface area contributed by atoms with E-state index in [1.165, 1.54) is 16.7 Å². The molecule has 0 fully saturated rings. The number of nitrogens with one attached hydrogen (secondary N) is 1. The van der Waals surface area contributed by atoms with E-state index in [4.69, 9.17) is 0 Å². The smallest absolute Gasteiger partial charge is 0.266 e. The average Bonchev–Trinajstić information content (AvgIpc) is 2.76. The number of aryl methyl sites for hydroxylation is 2. The first-order chi connectivity index (χ1) is 14.9. The van der Waals surface area contributed by atoms with Gasteiger partial charge in [-0.15, -0.1) is 0 Å². The van der Waals surface area contributed by atoms with Crippen LogP contribution in [0.3, 0.4) is 0 Å². The Balaban J connectivity index is 1.69. The second-order valence-corrected chi connectivity index (χ2v) is 8.10. The third-order valence-corrected chi connectivity index (χ3v) is 5.78. The fourth-order valence-corrected chi connectivity index (χ4v) is 4.05. The lowest BCUT2D eigenvalue weighted by atomic mass is 10.1. The summed E-state index contributed by atoms with van der Waals surface area (Å²) in [6, 6.07) is 18.8. The molecule has 5 nitrogen and oxygen atoms in total. The molecule has 7 heteroatoms. The lowest BCUT2D eigenvalue weighted by Gasteiger charge is -2.14. The molecule has 1 amide bonds. The minimum atomic E-state index is -0.539. The van der Waals surface area contributed by atoms with E-state index in [9.17, 15) is 14.0 Å². The number of hydrogen-bond acceptors (Lipinski definition) is 4. The SMILES string of the molecule is Cc1ccc(C)c(NC(=O)CSc2nc3ccccc3c(=O)n2-c2ccccc2F)c1. The first-order valence-corrected chi connectivity index (χ1v) is 10.7. The van der Waals surface area contributed by atoms with E-state index < -0.39 is 5.82 Å². The van der Waals surface area contributed by atoms with E-state index in [1.807, 2.05) is 32.0 Å². The molecular weight excluding hydrogens is 413 g/mol. The molecule has 0 spiro atoms. The number of carbonyl (C=O) groups is 1. The first-order valence-electron chi connectivity index (χ1n) is 9.70. The quantitative estimate of drug-likeness (QED) is 0.360. The fourth-order valence-electron chi connectivity index (χ4n) is 3.24. The maximum Gasteiger partial charge on any atom is 0.266 e. The molecular formula is C24H20FN3O2S. The number of nitrogens with zero attached hydrogens (tertiary/aromatic N) is 2. The van der Waals surface area contributed by atoms with Gasteiger partial charge in [0.25, 0.3) is 5.56 Å². The Kier molecular flexibility index (Phi) is 5.86. The summed E-state index contributed by atoms with van der Waals surface area (Å²) in [4.78, 5) is 30.3. The molecule has 1 aromatic heterocycles. The van der Waals surface area contributed by atoms with Crippen molar-refractivity contribution >= 4 is 34.3 Å². The zero-order valence-corrected chi connectivity index (χ0v) is 17.9. The molecule has 1 heterocycles. The van der Waals surface area contributed by atoms with Gasteiger partial charge in [-0.05, 0) is 55.3 Å². The van der Waals surface area contributed by atoms with E-state index >= 15 is 0 Å². The molecule has 31 heavy (non-hydrogen) atoms. The molecule has 4 aromatic rings. The highest BCUT2D eigenvalue weighted by atomic mass is 32.2. The Morgan fingerprint density at radius 2 is 1.81 bits per heavy atom. The number of amides is 1. The van der Waals surface area contributed by atoms with E-state index in [2.05, 4.69) is 10.3 Å². The van der Waals surface area contributed by atoms with Crippen LogP contribution in [-0.4, -0.2) is 21.2 Å². The number of rotatable bonds is 5. The molecule has 156 valence electrons. The van der Waals surface area contributed by atoms with Crippen LogP contribution in [0.25, 0.3) is 16.6 Å². The van der Waals surface area contributed by atoms with Crippen molar-refractivity contribution in [2.24, 2.45) is 0 Å². The number of fused-ring (bicyclic) bond motifs is 1. The van der Waals surface area contributed by atoms with Gasteiger partial charge >= 0.3 is 0 Å². The predicted molar refractivity (Wildman–Crippen MR) is 123 cm³/mol. The van der Waals surface area contributed by atoms with Crippen molar-refractivity contribution in [2.75, 3.05) is 11.1 Å². The number of thioether (sulfide) groups is 1. The predicted octanol–water partition coefficient (Wildman–Crippen LogP) is 4.87. The zero-order chi connectivity index (χ0) is 22.0. The van der Waals surface area contributed by atoms with Crippen LogP contribution < -0.4 is 10.9 Å². The third kappa shape index (κ3) is 4.36. The largest absolute Gasteiger partial charge is 0.325 e. The van der Waals surface area contributed by atoms with Crippen LogP contribution in [0.4, 0.5) is 10.1 Å². The highest BCUT2D eigenvalue weighted by Gasteiger charge is 2.17. The van der Waals surface area contributed by atoms with E-state index in [0.29, 0.717) is 10.9 Å². The maximum atomic E-state index is 14.5. The van der Waals surface area contributed by atoms with Crippen LogP contribution in [0.15, 0.2) is 76.7 Å². The normalized spacial score (nSPS) is 10.9. The number of aromatic nitrogens is 2. The van der Waals surface area contributed by atoms with Crippen molar-refractivity contribution in [1.82, 2.24) is 9.55 Å². The van der Waals surface area contributed by atoms with Gasteiger partial charge < -0.3 is 5.32 Å². The average molecular weight is 434 g/mol. The lowest BCUT2D eigenvalue weighted by molar-refractivity contribution is -0.113. The number of hydrogen-bond donors (Lipinski definition) is 1. The first kappa shape index (κ1) is 20.8. The van der Waals surface area contributed by atoms with Gasteiger partial charge in [0.2, 0.25) is 5.91 Å². The van der Waals surface area contributed by atoms with Crippen LogP contribution in [-0.2, 0) is 4.79 Å². The van der Waals surface area contributed by atoms with Crippen LogP contribution in [0.5, 0.6) is 0 Å². The molecule has 0 bridgehead atoms. The minimum Gasteiger partial charge on any atom is -0.325 e. The summed E-state index contributed by atoms with van der Waals surface area (Å²) < 4.78 is 15.8. The summed E-state index contributed by atoms with van der Waals surface area (Å²) in [6.45, 7) is 3.87. The van der Waals surface area contributed by atoms with E-state index in [-0.39, 0.29) is 28.1 Å². The Hall–Kier alpha value is -3.45. The lowest BCUT2D eigenvalue weighted by Crippen LogP contribution is -2.23. The standard InChI is InChI=1S/C24H20FN3O2S/c1-15-11-12-16(2)20(13-15)26-22(29)14-31-24-27-19-9-5-3-7-17(19)23(30)28(24)21-10-6-4-8-18(21)25/h3-13H,14H2,1-2H3,(H,26,29). The molecule has 0 saturated heterocycles. The number of halogens is 1. The molecule has 0 unspecified atom stereocenters. The monoisotopic (exact) mass is 433 g/mol. The molecule has 1 N–H and O–H groups in total. The molecule has 4 rings (SSSR count). The molecule has 0 aliphatic heterocycles. The van der Waals surface area contributed by atoms with Crippen LogP contribution in [0.1, 0.15) is 11.1 Å². The summed E-state index contributed by atoms with van der Waals surface area (Å²) in [5, 5.41) is 3.53.